The summed E-state index contributed by atoms with van der Waals surface area (Å²) in [7, 11) is 1.29. The number of rotatable bonds is 2. The summed E-state index contributed by atoms with van der Waals surface area (Å²) >= 11 is 1.22. The molecule has 0 bridgehead atoms. The van der Waals surface area contributed by atoms with E-state index in [4.69, 9.17) is 11.0 Å². The molecule has 74 valence electrons. The number of methoxy groups -OCH3 is 1. The van der Waals surface area contributed by atoms with Gasteiger partial charge in [-0.15, -0.1) is 11.3 Å². The molecule has 0 fully saturated rings. The smallest absolute Gasteiger partial charge is 0.350 e. The maximum atomic E-state index is 11.2. The van der Waals surface area contributed by atoms with Crippen LogP contribution in [-0.4, -0.2) is 13.1 Å². The molecule has 0 saturated heterocycles. The lowest BCUT2D eigenvalue weighted by molar-refractivity contribution is 0.0607. The molecule has 0 atom stereocenters. The van der Waals surface area contributed by atoms with Gasteiger partial charge in [-0.3, -0.25) is 0 Å². The highest BCUT2D eigenvalue weighted by atomic mass is 32.1. The first-order valence-corrected chi connectivity index (χ1v) is 4.86. The summed E-state index contributed by atoms with van der Waals surface area (Å²) in [6.45, 7) is 1.91. The second-order valence-electron chi connectivity index (χ2n) is 2.60. The van der Waals surface area contributed by atoms with Gasteiger partial charge >= 0.3 is 5.97 Å². The Morgan fingerprint density at radius 1 is 1.71 bits per heavy atom. The topological polar surface area (TPSA) is 76.1 Å². The van der Waals surface area contributed by atoms with Crippen LogP contribution in [0.1, 0.15) is 27.0 Å². The molecule has 0 saturated carbocycles. The van der Waals surface area contributed by atoms with Crippen LogP contribution in [0, 0.1) is 11.3 Å². The predicted molar refractivity (Wildman–Crippen MR) is 54.2 cm³/mol. The van der Waals surface area contributed by atoms with Gasteiger partial charge in [0, 0.05) is 4.88 Å². The first kappa shape index (κ1) is 10.5. The minimum Gasteiger partial charge on any atom is -0.465 e. The molecule has 0 aromatic carbocycles. The zero-order chi connectivity index (χ0) is 10.7. The Kier molecular flexibility index (Phi) is 3.10. The van der Waals surface area contributed by atoms with Crippen LogP contribution in [0.4, 0.5) is 5.69 Å². The van der Waals surface area contributed by atoms with Gasteiger partial charge in [0.2, 0.25) is 0 Å². The zero-order valence-corrected chi connectivity index (χ0v) is 8.77. The van der Waals surface area contributed by atoms with Gasteiger partial charge < -0.3 is 10.5 Å². The Bertz CT molecular complexity index is 404. The number of nitrogen functional groups attached to an aromatic ring is 1. The van der Waals surface area contributed by atoms with Crippen molar-refractivity contribution in [1.29, 1.82) is 5.26 Å². The summed E-state index contributed by atoms with van der Waals surface area (Å²) in [5.74, 6) is -0.483. The van der Waals surface area contributed by atoms with Crippen molar-refractivity contribution in [1.82, 2.24) is 0 Å². The molecule has 1 aromatic rings. The number of nitriles is 1. The number of esters is 1. The lowest BCUT2D eigenvalue weighted by Crippen LogP contribution is -2.02. The summed E-state index contributed by atoms with van der Waals surface area (Å²) in [6.07, 6.45) is 0.689. The van der Waals surface area contributed by atoms with Crippen molar-refractivity contribution in [2.75, 3.05) is 12.8 Å². The second-order valence-corrected chi connectivity index (χ2v) is 3.71. The SMILES string of the molecule is CCc1sc(C(=O)OC)c(N)c1C#N. The molecule has 0 aliphatic carbocycles. The Hall–Kier alpha value is -1.54. The molecule has 1 heterocycles. The van der Waals surface area contributed by atoms with Gasteiger partial charge in [0.15, 0.2) is 0 Å². The van der Waals surface area contributed by atoms with Gasteiger partial charge in [0.1, 0.15) is 10.9 Å². The summed E-state index contributed by atoms with van der Waals surface area (Å²) < 4.78 is 4.56. The molecule has 2 N–H and O–H groups in total. The molecule has 0 amide bonds. The van der Waals surface area contributed by atoms with Crippen molar-refractivity contribution in [3.63, 3.8) is 0 Å². The van der Waals surface area contributed by atoms with E-state index in [0.29, 0.717) is 16.9 Å². The van der Waals surface area contributed by atoms with Crippen molar-refractivity contribution in [3.8, 4) is 6.07 Å². The number of anilines is 1. The van der Waals surface area contributed by atoms with Gasteiger partial charge in [-0.05, 0) is 6.42 Å². The van der Waals surface area contributed by atoms with Crippen LogP contribution < -0.4 is 5.73 Å². The quantitative estimate of drug-likeness (QED) is 0.751. The van der Waals surface area contributed by atoms with Crippen molar-refractivity contribution < 1.29 is 9.53 Å². The van der Waals surface area contributed by atoms with Gasteiger partial charge in [0.05, 0.1) is 18.4 Å². The van der Waals surface area contributed by atoms with E-state index in [-0.39, 0.29) is 5.69 Å². The van der Waals surface area contributed by atoms with E-state index in [1.165, 1.54) is 18.4 Å². The Morgan fingerprint density at radius 3 is 2.71 bits per heavy atom. The fourth-order valence-corrected chi connectivity index (χ4v) is 2.14. The van der Waals surface area contributed by atoms with Crippen molar-refractivity contribution in [2.24, 2.45) is 0 Å². The molecule has 4 nitrogen and oxygen atoms in total. The number of hydrogen-bond acceptors (Lipinski definition) is 5. The number of carbonyl (C=O) groups is 1. The largest absolute Gasteiger partial charge is 0.465 e. The second kappa shape index (κ2) is 4.11. The van der Waals surface area contributed by atoms with E-state index in [2.05, 4.69) is 4.74 Å². The fourth-order valence-electron chi connectivity index (χ4n) is 1.11. The Balaban J connectivity index is 3.29. The molecule has 14 heavy (non-hydrogen) atoms. The van der Waals surface area contributed by atoms with Gasteiger partial charge in [0.25, 0.3) is 0 Å². The maximum Gasteiger partial charge on any atom is 0.350 e. The highest BCUT2D eigenvalue weighted by molar-refractivity contribution is 7.14. The molecule has 1 rings (SSSR count). The number of nitrogens with two attached hydrogens (primary N) is 1. The number of ether oxygens (including phenoxy) is 1. The van der Waals surface area contributed by atoms with Crippen molar-refractivity contribution >= 4 is 23.0 Å². The Labute approximate surface area is 85.9 Å². The van der Waals surface area contributed by atoms with E-state index < -0.39 is 5.97 Å². The minimum atomic E-state index is -0.483. The first-order chi connectivity index (χ1) is 6.65. The van der Waals surface area contributed by atoms with E-state index in [1.54, 1.807) is 0 Å². The Morgan fingerprint density at radius 2 is 2.36 bits per heavy atom. The number of carbonyl (C=O) groups excluding carboxylic acids is 1. The molecular formula is C9H10N2O2S. The molecule has 0 aliphatic heterocycles. The van der Waals surface area contributed by atoms with Crippen LogP contribution in [0.15, 0.2) is 0 Å². The highest BCUT2D eigenvalue weighted by Crippen LogP contribution is 2.31. The average Bonchev–Trinajstić information content (AvgIpc) is 2.53. The molecule has 1 aromatic heterocycles. The van der Waals surface area contributed by atoms with E-state index in [9.17, 15) is 4.79 Å². The molecule has 0 radical (unpaired) electrons. The number of thiophene rings is 1. The summed E-state index contributed by atoms with van der Waals surface area (Å²) in [4.78, 5) is 12.4. The summed E-state index contributed by atoms with van der Waals surface area (Å²) in [6, 6.07) is 1.99. The van der Waals surface area contributed by atoms with Crippen molar-refractivity contribution in [3.05, 3.63) is 15.3 Å². The third-order valence-corrected chi connectivity index (χ3v) is 3.15. The van der Waals surface area contributed by atoms with Gasteiger partial charge in [-0.25, -0.2) is 4.79 Å². The van der Waals surface area contributed by atoms with Gasteiger partial charge in [-0.1, -0.05) is 6.92 Å². The molecule has 0 spiro atoms. The standard InChI is InChI=1S/C9H10N2O2S/c1-3-6-5(4-10)7(11)8(14-6)9(12)13-2/h3,11H2,1-2H3. The molecular weight excluding hydrogens is 200 g/mol. The monoisotopic (exact) mass is 210 g/mol. The van der Waals surface area contributed by atoms with E-state index in [0.717, 1.165) is 4.88 Å². The zero-order valence-electron chi connectivity index (χ0n) is 7.96. The summed E-state index contributed by atoms with van der Waals surface area (Å²) in [5.41, 5.74) is 6.29. The van der Waals surface area contributed by atoms with Crippen LogP contribution in [0.5, 0.6) is 0 Å². The molecule has 0 aliphatic rings. The minimum absolute atomic E-state index is 0.237. The van der Waals surface area contributed by atoms with Crippen LogP contribution in [-0.2, 0) is 11.2 Å². The molecule has 0 unspecified atom stereocenters. The highest BCUT2D eigenvalue weighted by Gasteiger charge is 2.20. The predicted octanol–water partition coefficient (Wildman–Crippen LogP) is 1.55. The van der Waals surface area contributed by atoms with Crippen LogP contribution >= 0.6 is 11.3 Å². The third kappa shape index (κ3) is 1.56. The van der Waals surface area contributed by atoms with Crippen LogP contribution in [0.2, 0.25) is 0 Å². The third-order valence-electron chi connectivity index (χ3n) is 1.82. The lowest BCUT2D eigenvalue weighted by Gasteiger charge is -1.95. The lowest BCUT2D eigenvalue weighted by atomic mass is 10.2. The van der Waals surface area contributed by atoms with E-state index in [1.807, 2.05) is 13.0 Å². The van der Waals surface area contributed by atoms with Crippen LogP contribution in [0.25, 0.3) is 0 Å². The maximum absolute atomic E-state index is 11.2. The average molecular weight is 210 g/mol. The summed E-state index contributed by atoms with van der Waals surface area (Å²) in [5, 5.41) is 8.82. The molecule has 5 heteroatoms. The number of hydrogen-bond donors (Lipinski definition) is 1. The number of aryl methyl sites for hydroxylation is 1. The van der Waals surface area contributed by atoms with E-state index >= 15 is 0 Å². The van der Waals surface area contributed by atoms with Crippen molar-refractivity contribution in [2.45, 2.75) is 13.3 Å². The normalized spacial score (nSPS) is 9.50. The van der Waals surface area contributed by atoms with Crippen LogP contribution in [0.3, 0.4) is 0 Å². The number of nitrogens with zero attached hydrogens (tertiary/aromatic N) is 1. The van der Waals surface area contributed by atoms with Gasteiger partial charge in [-0.2, -0.15) is 5.26 Å². The fraction of sp³-hybridized carbons (Fsp3) is 0.333. The first-order valence-electron chi connectivity index (χ1n) is 4.05.